The normalized spacial score (nSPS) is 10.4. The molecule has 0 spiro atoms. The second-order valence-corrected chi connectivity index (χ2v) is 6.81. The molecule has 0 saturated carbocycles. The summed E-state index contributed by atoms with van der Waals surface area (Å²) in [6, 6.07) is 11.0. The Labute approximate surface area is 151 Å². The predicted octanol–water partition coefficient (Wildman–Crippen LogP) is 6.08. The van der Waals surface area contributed by atoms with Crippen molar-refractivity contribution < 1.29 is 9.47 Å². The fraction of sp³-hybridized carbons (Fsp3) is 0.167. The van der Waals surface area contributed by atoms with Crippen LogP contribution in [0.4, 0.5) is 0 Å². The van der Waals surface area contributed by atoms with Crippen molar-refractivity contribution in [2.45, 2.75) is 11.8 Å². The Bertz CT molecular complexity index is 701. The third kappa shape index (κ3) is 5.38. The minimum atomic E-state index is 0.425. The van der Waals surface area contributed by atoms with Crippen molar-refractivity contribution >= 4 is 35.0 Å². The first-order chi connectivity index (χ1) is 11.0. The van der Waals surface area contributed by atoms with Crippen LogP contribution in [0.15, 0.2) is 53.4 Å². The van der Waals surface area contributed by atoms with Gasteiger partial charge in [0.05, 0.1) is 10.0 Å². The Hall–Kier alpha value is -1.29. The molecule has 2 aromatic rings. The zero-order chi connectivity index (χ0) is 16.8. The van der Waals surface area contributed by atoms with Crippen LogP contribution in [0.25, 0.3) is 0 Å². The Balaban J connectivity index is 1.83. The van der Waals surface area contributed by atoms with Crippen molar-refractivity contribution in [3.8, 4) is 11.5 Å². The molecule has 0 unspecified atom stereocenters. The summed E-state index contributed by atoms with van der Waals surface area (Å²) in [5, 5.41) is 0.982. The lowest BCUT2D eigenvalue weighted by Gasteiger charge is -2.10. The summed E-state index contributed by atoms with van der Waals surface area (Å²) in [5.41, 5.74) is 1.97. The molecule has 0 aliphatic carbocycles. The summed E-state index contributed by atoms with van der Waals surface area (Å²) in [4.78, 5) is 1.12. The zero-order valence-electron chi connectivity index (χ0n) is 12.6. The van der Waals surface area contributed by atoms with Crippen molar-refractivity contribution in [1.82, 2.24) is 0 Å². The van der Waals surface area contributed by atoms with E-state index in [-0.39, 0.29) is 0 Å². The van der Waals surface area contributed by atoms with Crippen LogP contribution in [0, 0.1) is 14.0 Å². The zero-order valence-corrected chi connectivity index (χ0v) is 15.0. The number of thioether (sulfide) groups is 1. The van der Waals surface area contributed by atoms with E-state index in [1.54, 1.807) is 30.0 Å². The lowest BCUT2D eigenvalue weighted by atomic mass is 10.2. The number of ether oxygens (including phenoxy) is 2. The standard InChI is InChI=1S/C18H16Cl2O2S/c1-12(10-22-14-4-6-16(19)17(20)9-14)11-23-15-5-7-18(21-3)13(2)8-15/h3-9H,1,10-11H2,2H3. The van der Waals surface area contributed by atoms with E-state index in [4.69, 9.17) is 39.8 Å². The van der Waals surface area contributed by atoms with Crippen LogP contribution in [-0.4, -0.2) is 12.4 Å². The molecule has 0 aliphatic heterocycles. The van der Waals surface area contributed by atoms with E-state index >= 15 is 0 Å². The number of hydrogen-bond donors (Lipinski definition) is 0. The average molecular weight is 367 g/mol. The molecule has 120 valence electrons. The SMILES string of the molecule is [CH]Oc1ccc(SCC(=C)COc2ccc(Cl)c(Cl)c2)cc1C. The maximum atomic E-state index is 5.95. The Kier molecular flexibility index (Phi) is 6.70. The van der Waals surface area contributed by atoms with Gasteiger partial charge in [0.2, 0.25) is 0 Å². The highest BCUT2D eigenvalue weighted by Crippen LogP contribution is 2.28. The molecule has 2 rings (SSSR count). The number of aryl methyl sites for hydroxylation is 1. The quantitative estimate of drug-likeness (QED) is 0.437. The van der Waals surface area contributed by atoms with E-state index in [0.717, 1.165) is 21.8 Å². The van der Waals surface area contributed by atoms with Gasteiger partial charge in [-0.2, -0.15) is 0 Å². The number of benzene rings is 2. The molecule has 2 radical (unpaired) electrons. The molecule has 2 aromatic carbocycles. The van der Waals surface area contributed by atoms with E-state index in [9.17, 15) is 0 Å². The van der Waals surface area contributed by atoms with E-state index < -0.39 is 0 Å². The van der Waals surface area contributed by atoms with Gasteiger partial charge in [0, 0.05) is 16.7 Å². The first-order valence-corrected chi connectivity index (χ1v) is 8.58. The highest BCUT2D eigenvalue weighted by molar-refractivity contribution is 7.99. The summed E-state index contributed by atoms with van der Waals surface area (Å²) in [7, 11) is 5.18. The van der Waals surface area contributed by atoms with E-state index in [0.29, 0.717) is 28.2 Å². The van der Waals surface area contributed by atoms with Crippen molar-refractivity contribution in [1.29, 1.82) is 0 Å². The highest BCUT2D eigenvalue weighted by Gasteiger charge is 2.04. The lowest BCUT2D eigenvalue weighted by Crippen LogP contribution is -2.02. The Morgan fingerprint density at radius 1 is 1.17 bits per heavy atom. The molecule has 0 heterocycles. The van der Waals surface area contributed by atoms with Crippen LogP contribution < -0.4 is 9.47 Å². The summed E-state index contributed by atoms with van der Waals surface area (Å²) in [6.45, 7) is 6.41. The van der Waals surface area contributed by atoms with Gasteiger partial charge in [0.1, 0.15) is 18.1 Å². The molecule has 0 N–H and O–H groups in total. The minimum Gasteiger partial charge on any atom is -0.489 e. The van der Waals surface area contributed by atoms with E-state index in [1.807, 2.05) is 25.1 Å². The molecule has 0 aliphatic rings. The third-order valence-corrected chi connectivity index (χ3v) is 4.93. The largest absolute Gasteiger partial charge is 0.489 e. The molecule has 0 bridgehead atoms. The molecule has 0 fully saturated rings. The van der Waals surface area contributed by atoms with Crippen LogP contribution >= 0.6 is 35.0 Å². The molecule has 0 aromatic heterocycles. The van der Waals surface area contributed by atoms with Crippen molar-refractivity contribution in [3.63, 3.8) is 0 Å². The topological polar surface area (TPSA) is 18.5 Å². The van der Waals surface area contributed by atoms with Crippen LogP contribution in [0.2, 0.25) is 10.0 Å². The average Bonchev–Trinajstić information content (AvgIpc) is 2.54. The lowest BCUT2D eigenvalue weighted by molar-refractivity contribution is 0.353. The number of hydrogen-bond acceptors (Lipinski definition) is 3. The summed E-state index contributed by atoms with van der Waals surface area (Å²) >= 11 is 13.5. The second kappa shape index (κ2) is 8.53. The summed E-state index contributed by atoms with van der Waals surface area (Å²) in [5.74, 6) is 2.10. The first-order valence-electron chi connectivity index (χ1n) is 6.84. The van der Waals surface area contributed by atoms with Crippen molar-refractivity contribution in [2.75, 3.05) is 12.4 Å². The van der Waals surface area contributed by atoms with Crippen LogP contribution in [0.5, 0.6) is 11.5 Å². The Morgan fingerprint density at radius 2 is 1.96 bits per heavy atom. The van der Waals surface area contributed by atoms with Gasteiger partial charge >= 0.3 is 0 Å². The van der Waals surface area contributed by atoms with Crippen molar-refractivity contribution in [2.24, 2.45) is 0 Å². The van der Waals surface area contributed by atoms with Crippen LogP contribution in [0.3, 0.4) is 0 Å². The predicted molar refractivity (Wildman–Crippen MR) is 97.9 cm³/mol. The minimum absolute atomic E-state index is 0.425. The van der Waals surface area contributed by atoms with Gasteiger partial charge in [-0.25, -0.2) is 0 Å². The fourth-order valence-corrected chi connectivity index (χ4v) is 2.99. The Morgan fingerprint density at radius 3 is 2.61 bits per heavy atom. The first kappa shape index (κ1) is 18.1. The monoisotopic (exact) mass is 366 g/mol. The van der Waals surface area contributed by atoms with Gasteiger partial charge in [0.15, 0.2) is 7.11 Å². The molecule has 0 amide bonds. The maximum absolute atomic E-state index is 5.95. The molecular weight excluding hydrogens is 351 g/mol. The maximum Gasteiger partial charge on any atom is 0.180 e. The summed E-state index contributed by atoms with van der Waals surface area (Å²) in [6.07, 6.45) is 0. The highest BCUT2D eigenvalue weighted by atomic mass is 35.5. The van der Waals surface area contributed by atoms with Gasteiger partial charge < -0.3 is 9.47 Å². The fourth-order valence-electron chi connectivity index (χ4n) is 1.82. The van der Waals surface area contributed by atoms with Crippen LogP contribution in [0.1, 0.15) is 5.56 Å². The van der Waals surface area contributed by atoms with Gasteiger partial charge in [-0.1, -0.05) is 29.8 Å². The molecule has 5 heteroatoms. The van der Waals surface area contributed by atoms with E-state index in [1.165, 1.54) is 0 Å². The third-order valence-electron chi connectivity index (χ3n) is 3.05. The number of halogens is 2. The van der Waals surface area contributed by atoms with Crippen LogP contribution in [-0.2, 0) is 0 Å². The number of rotatable bonds is 7. The van der Waals surface area contributed by atoms with Crippen molar-refractivity contribution in [3.05, 3.63) is 71.3 Å². The smallest absolute Gasteiger partial charge is 0.180 e. The molecule has 0 atom stereocenters. The molecule has 2 nitrogen and oxygen atoms in total. The molecular formula is C18H16Cl2O2S. The van der Waals surface area contributed by atoms with Gasteiger partial charge in [-0.15, -0.1) is 11.8 Å². The summed E-state index contributed by atoms with van der Waals surface area (Å²) < 4.78 is 10.4. The van der Waals surface area contributed by atoms with E-state index in [2.05, 4.69) is 6.58 Å². The van der Waals surface area contributed by atoms with Gasteiger partial charge in [0.25, 0.3) is 0 Å². The van der Waals surface area contributed by atoms with Gasteiger partial charge in [-0.05, 0) is 48.4 Å². The second-order valence-electron chi connectivity index (χ2n) is 4.95. The molecule has 23 heavy (non-hydrogen) atoms. The van der Waals surface area contributed by atoms with Gasteiger partial charge in [-0.3, -0.25) is 0 Å². The molecule has 0 saturated heterocycles.